The van der Waals surface area contributed by atoms with Crippen LogP contribution in [0.1, 0.15) is 19.8 Å². The van der Waals surface area contributed by atoms with Crippen molar-refractivity contribution in [2.75, 3.05) is 33.2 Å². The summed E-state index contributed by atoms with van der Waals surface area (Å²) in [6.07, 6.45) is 1.78. The Morgan fingerprint density at radius 3 is 2.38 bits per heavy atom. The van der Waals surface area contributed by atoms with Gasteiger partial charge in [-0.15, -0.1) is 0 Å². The summed E-state index contributed by atoms with van der Waals surface area (Å²) in [5, 5.41) is 8.66. The second-order valence-corrected chi connectivity index (χ2v) is 3.76. The van der Waals surface area contributed by atoms with E-state index >= 15 is 0 Å². The summed E-state index contributed by atoms with van der Waals surface area (Å²) in [5.74, 6) is 0. The quantitative estimate of drug-likeness (QED) is 0.649. The average Bonchev–Trinajstić information content (AvgIpc) is 2.16. The molecule has 0 N–H and O–H groups in total. The molecule has 1 fully saturated rings. The number of hydrogen-bond donors (Lipinski definition) is 0. The third-order valence-electron chi connectivity index (χ3n) is 2.85. The van der Waals surface area contributed by atoms with E-state index in [1.165, 1.54) is 0 Å². The van der Waals surface area contributed by atoms with Gasteiger partial charge in [0.05, 0.1) is 12.5 Å². The number of likely N-dealkylation sites (N-methyl/N-ethyl adjacent to an activating group) is 1. The Bertz CT molecular complexity index is 177. The van der Waals surface area contributed by atoms with Crippen LogP contribution in [0.15, 0.2) is 0 Å². The lowest BCUT2D eigenvalue weighted by Crippen LogP contribution is -2.48. The minimum absolute atomic E-state index is 0.485. The molecule has 1 aliphatic heterocycles. The lowest BCUT2D eigenvalue weighted by molar-refractivity contribution is 0.111. The van der Waals surface area contributed by atoms with Crippen molar-refractivity contribution in [3.63, 3.8) is 0 Å². The highest BCUT2D eigenvalue weighted by atomic mass is 15.3. The first kappa shape index (κ1) is 10.5. The minimum atomic E-state index is 0.485. The van der Waals surface area contributed by atoms with Gasteiger partial charge < -0.3 is 4.90 Å². The van der Waals surface area contributed by atoms with Crippen molar-refractivity contribution in [3.8, 4) is 6.07 Å². The summed E-state index contributed by atoms with van der Waals surface area (Å²) in [6, 6.07) is 2.76. The highest BCUT2D eigenvalue weighted by molar-refractivity contribution is 4.84. The van der Waals surface area contributed by atoms with Gasteiger partial charge >= 0.3 is 0 Å². The topological polar surface area (TPSA) is 30.3 Å². The highest BCUT2D eigenvalue weighted by Crippen LogP contribution is 2.10. The summed E-state index contributed by atoms with van der Waals surface area (Å²) < 4.78 is 0. The van der Waals surface area contributed by atoms with E-state index in [1.807, 2.05) is 0 Å². The van der Waals surface area contributed by atoms with Crippen LogP contribution in [0.2, 0.25) is 0 Å². The number of nitrogens with zero attached hydrogens (tertiary/aromatic N) is 3. The summed E-state index contributed by atoms with van der Waals surface area (Å²) in [4.78, 5) is 4.79. The molecule has 0 aliphatic carbocycles. The van der Waals surface area contributed by atoms with Crippen molar-refractivity contribution < 1.29 is 0 Å². The molecule has 3 heteroatoms. The van der Waals surface area contributed by atoms with E-state index in [4.69, 9.17) is 5.26 Å². The van der Waals surface area contributed by atoms with Crippen molar-refractivity contribution in [3.05, 3.63) is 0 Å². The lowest BCUT2D eigenvalue weighted by Gasteiger charge is -2.36. The van der Waals surface area contributed by atoms with Gasteiger partial charge in [-0.25, -0.2) is 0 Å². The molecule has 1 heterocycles. The minimum Gasteiger partial charge on any atom is -0.304 e. The normalized spacial score (nSPS) is 22.5. The van der Waals surface area contributed by atoms with Gasteiger partial charge in [0, 0.05) is 32.2 Å². The predicted octanol–water partition coefficient (Wildman–Crippen LogP) is 0.926. The van der Waals surface area contributed by atoms with Crippen LogP contribution in [-0.4, -0.2) is 49.1 Å². The molecule has 0 aromatic carbocycles. The summed E-state index contributed by atoms with van der Waals surface area (Å²) in [7, 11) is 2.16. The molecule has 0 amide bonds. The van der Waals surface area contributed by atoms with Crippen LogP contribution in [0.4, 0.5) is 0 Å². The van der Waals surface area contributed by atoms with Gasteiger partial charge in [-0.2, -0.15) is 5.26 Å². The molecule has 74 valence electrons. The van der Waals surface area contributed by atoms with Crippen molar-refractivity contribution in [2.45, 2.75) is 25.8 Å². The Kier molecular flexibility index (Phi) is 4.20. The Morgan fingerprint density at radius 2 is 1.92 bits per heavy atom. The maximum absolute atomic E-state index is 8.66. The van der Waals surface area contributed by atoms with Crippen LogP contribution >= 0.6 is 0 Å². The predicted molar refractivity (Wildman–Crippen MR) is 53.4 cm³/mol. The fourth-order valence-electron chi connectivity index (χ4n) is 1.82. The Balaban J connectivity index is 2.37. The molecular weight excluding hydrogens is 162 g/mol. The van der Waals surface area contributed by atoms with Gasteiger partial charge in [0.2, 0.25) is 0 Å². The van der Waals surface area contributed by atoms with Gasteiger partial charge in [-0.3, -0.25) is 4.90 Å². The lowest BCUT2D eigenvalue weighted by atomic mass is 10.1. The standard InChI is InChI=1S/C10H19N3/c1-3-10(4-5-11)13-8-6-12(2)7-9-13/h10H,3-4,6-9H2,1-2H3. The van der Waals surface area contributed by atoms with Crippen molar-refractivity contribution in [1.29, 1.82) is 5.26 Å². The van der Waals surface area contributed by atoms with E-state index in [9.17, 15) is 0 Å². The molecule has 0 aromatic heterocycles. The van der Waals surface area contributed by atoms with Gasteiger partial charge in [-0.05, 0) is 13.5 Å². The molecule has 0 bridgehead atoms. The maximum Gasteiger partial charge on any atom is 0.0638 e. The number of rotatable bonds is 3. The second kappa shape index (κ2) is 5.21. The monoisotopic (exact) mass is 181 g/mol. The van der Waals surface area contributed by atoms with Crippen molar-refractivity contribution in [1.82, 2.24) is 9.80 Å². The first-order chi connectivity index (χ1) is 6.27. The molecule has 1 atom stereocenters. The molecule has 0 spiro atoms. The first-order valence-electron chi connectivity index (χ1n) is 5.07. The molecular formula is C10H19N3. The number of hydrogen-bond acceptors (Lipinski definition) is 3. The molecule has 0 saturated carbocycles. The summed E-state index contributed by atoms with van der Waals surface area (Å²) >= 11 is 0. The molecule has 3 nitrogen and oxygen atoms in total. The maximum atomic E-state index is 8.66. The van der Waals surface area contributed by atoms with Crippen LogP contribution in [0.3, 0.4) is 0 Å². The van der Waals surface area contributed by atoms with Gasteiger partial charge in [0.25, 0.3) is 0 Å². The van der Waals surface area contributed by atoms with Crippen LogP contribution in [-0.2, 0) is 0 Å². The second-order valence-electron chi connectivity index (χ2n) is 3.76. The van der Waals surface area contributed by atoms with E-state index in [0.29, 0.717) is 12.5 Å². The summed E-state index contributed by atoms with van der Waals surface area (Å²) in [6.45, 7) is 6.69. The fraction of sp³-hybridized carbons (Fsp3) is 0.900. The summed E-state index contributed by atoms with van der Waals surface area (Å²) in [5.41, 5.74) is 0. The van der Waals surface area contributed by atoms with Crippen LogP contribution in [0.25, 0.3) is 0 Å². The van der Waals surface area contributed by atoms with E-state index in [-0.39, 0.29) is 0 Å². The van der Waals surface area contributed by atoms with Gasteiger partial charge in [0.15, 0.2) is 0 Å². The largest absolute Gasteiger partial charge is 0.304 e. The molecule has 0 aromatic rings. The van der Waals surface area contributed by atoms with Crippen LogP contribution < -0.4 is 0 Å². The third-order valence-corrected chi connectivity index (χ3v) is 2.85. The molecule has 13 heavy (non-hydrogen) atoms. The zero-order chi connectivity index (χ0) is 9.68. The van der Waals surface area contributed by atoms with Gasteiger partial charge in [-0.1, -0.05) is 6.92 Å². The smallest absolute Gasteiger partial charge is 0.0638 e. The van der Waals surface area contributed by atoms with Gasteiger partial charge in [0.1, 0.15) is 0 Å². The highest BCUT2D eigenvalue weighted by Gasteiger charge is 2.20. The van der Waals surface area contributed by atoms with Crippen LogP contribution in [0, 0.1) is 11.3 Å². The average molecular weight is 181 g/mol. The zero-order valence-corrected chi connectivity index (χ0v) is 8.66. The van der Waals surface area contributed by atoms with Crippen LogP contribution in [0.5, 0.6) is 0 Å². The fourth-order valence-corrected chi connectivity index (χ4v) is 1.82. The SMILES string of the molecule is CCC(CC#N)N1CCN(C)CC1. The van der Waals surface area contributed by atoms with E-state index in [0.717, 1.165) is 32.6 Å². The molecule has 1 rings (SSSR count). The molecule has 1 aliphatic rings. The Hall–Kier alpha value is -0.590. The Morgan fingerprint density at radius 1 is 1.31 bits per heavy atom. The Labute approximate surface area is 80.9 Å². The van der Waals surface area contributed by atoms with E-state index < -0.39 is 0 Å². The third kappa shape index (κ3) is 2.98. The van der Waals surface area contributed by atoms with E-state index in [1.54, 1.807) is 0 Å². The van der Waals surface area contributed by atoms with Crippen molar-refractivity contribution >= 4 is 0 Å². The number of nitriles is 1. The van der Waals surface area contributed by atoms with Crippen molar-refractivity contribution in [2.24, 2.45) is 0 Å². The molecule has 1 unspecified atom stereocenters. The zero-order valence-electron chi connectivity index (χ0n) is 8.66. The first-order valence-corrected chi connectivity index (χ1v) is 5.07. The number of piperazine rings is 1. The van der Waals surface area contributed by atoms with E-state index in [2.05, 4.69) is 29.8 Å². The molecule has 0 radical (unpaired) electrons. The molecule has 1 saturated heterocycles.